The molecule has 2 nitrogen and oxygen atoms in total. The number of benzene rings is 2. The van der Waals surface area contributed by atoms with Crippen LogP contribution in [0.5, 0.6) is 5.75 Å². The van der Waals surface area contributed by atoms with Gasteiger partial charge < -0.3 is 10.4 Å². The number of aromatic hydroxyl groups is 1. The molecule has 0 aliphatic carbocycles. The molecular formula is C14H14ClNO. The summed E-state index contributed by atoms with van der Waals surface area (Å²) in [6.45, 7) is 1.52. The Labute approximate surface area is 106 Å². The van der Waals surface area contributed by atoms with Crippen molar-refractivity contribution in [2.24, 2.45) is 0 Å². The molecule has 2 N–H and O–H groups in total. The summed E-state index contributed by atoms with van der Waals surface area (Å²) in [6, 6.07) is 15.0. The topological polar surface area (TPSA) is 32.3 Å². The quantitative estimate of drug-likeness (QED) is 0.869. The largest absolute Gasteiger partial charge is 0.508 e. The molecule has 88 valence electrons. The molecule has 0 radical (unpaired) electrons. The maximum absolute atomic E-state index is 9.32. The van der Waals surface area contributed by atoms with E-state index in [-0.39, 0.29) is 0 Å². The number of rotatable bonds is 4. The monoisotopic (exact) mass is 247 g/mol. The fourth-order valence-electron chi connectivity index (χ4n) is 1.62. The summed E-state index contributed by atoms with van der Waals surface area (Å²) in [5.74, 6) is 0.302. The van der Waals surface area contributed by atoms with Crippen molar-refractivity contribution in [1.82, 2.24) is 5.32 Å². The number of hydrogen-bond acceptors (Lipinski definition) is 2. The molecule has 0 heterocycles. The van der Waals surface area contributed by atoms with Gasteiger partial charge in [0.2, 0.25) is 0 Å². The minimum atomic E-state index is 0.302. The van der Waals surface area contributed by atoms with Crippen molar-refractivity contribution in [1.29, 1.82) is 0 Å². The Bertz CT molecular complexity index is 482. The fourth-order valence-corrected chi connectivity index (χ4v) is 1.75. The third-order valence-electron chi connectivity index (χ3n) is 2.48. The van der Waals surface area contributed by atoms with E-state index in [0.717, 1.165) is 23.7 Å². The van der Waals surface area contributed by atoms with Gasteiger partial charge in [0.15, 0.2) is 0 Å². The van der Waals surface area contributed by atoms with Gasteiger partial charge in [0.25, 0.3) is 0 Å². The maximum atomic E-state index is 9.32. The van der Waals surface area contributed by atoms with E-state index >= 15 is 0 Å². The third-order valence-corrected chi connectivity index (χ3v) is 2.73. The second kappa shape index (κ2) is 5.71. The molecule has 0 aliphatic heterocycles. The first kappa shape index (κ1) is 12.0. The second-order valence-corrected chi connectivity index (χ2v) is 4.34. The van der Waals surface area contributed by atoms with E-state index < -0.39 is 0 Å². The number of hydrogen-bond donors (Lipinski definition) is 2. The molecule has 2 rings (SSSR count). The zero-order valence-electron chi connectivity index (χ0n) is 9.36. The van der Waals surface area contributed by atoms with Crippen LogP contribution in [0.1, 0.15) is 11.1 Å². The Morgan fingerprint density at radius 1 is 0.941 bits per heavy atom. The van der Waals surface area contributed by atoms with E-state index in [1.54, 1.807) is 12.1 Å². The highest BCUT2D eigenvalue weighted by atomic mass is 35.5. The number of halogens is 1. The first-order valence-electron chi connectivity index (χ1n) is 5.47. The van der Waals surface area contributed by atoms with Gasteiger partial charge in [-0.1, -0.05) is 35.9 Å². The highest BCUT2D eigenvalue weighted by Gasteiger charge is 1.96. The lowest BCUT2D eigenvalue weighted by Crippen LogP contribution is -2.12. The number of nitrogens with one attached hydrogen (secondary N) is 1. The minimum absolute atomic E-state index is 0.302. The first-order chi connectivity index (χ1) is 8.24. The smallest absolute Gasteiger partial charge is 0.115 e. The summed E-state index contributed by atoms with van der Waals surface area (Å²) in [5.41, 5.74) is 2.26. The minimum Gasteiger partial charge on any atom is -0.508 e. The molecule has 0 atom stereocenters. The van der Waals surface area contributed by atoms with Crippen LogP contribution in [0.2, 0.25) is 5.02 Å². The van der Waals surface area contributed by atoms with Gasteiger partial charge in [-0.3, -0.25) is 0 Å². The predicted molar refractivity (Wildman–Crippen MR) is 70.1 cm³/mol. The van der Waals surface area contributed by atoms with Crippen LogP contribution >= 0.6 is 11.6 Å². The molecular weight excluding hydrogens is 234 g/mol. The molecule has 0 aliphatic rings. The van der Waals surface area contributed by atoms with E-state index in [9.17, 15) is 5.11 Å². The molecule has 0 unspecified atom stereocenters. The summed E-state index contributed by atoms with van der Waals surface area (Å²) in [7, 11) is 0. The standard InChI is InChI=1S/C14H14ClNO/c15-13-6-4-11(5-7-13)9-16-10-12-2-1-3-14(17)8-12/h1-8,16-17H,9-10H2. The molecule has 2 aromatic rings. The van der Waals surface area contributed by atoms with Crippen molar-refractivity contribution in [3.8, 4) is 5.75 Å². The van der Waals surface area contributed by atoms with Crippen LogP contribution in [0, 0.1) is 0 Å². The summed E-state index contributed by atoms with van der Waals surface area (Å²) in [4.78, 5) is 0. The van der Waals surface area contributed by atoms with Crippen molar-refractivity contribution in [2.75, 3.05) is 0 Å². The van der Waals surface area contributed by atoms with E-state index in [4.69, 9.17) is 11.6 Å². The molecule has 3 heteroatoms. The lowest BCUT2D eigenvalue weighted by atomic mass is 10.2. The number of phenols is 1. The van der Waals surface area contributed by atoms with Gasteiger partial charge in [0, 0.05) is 18.1 Å². The fraction of sp³-hybridized carbons (Fsp3) is 0.143. The van der Waals surface area contributed by atoms with Crippen molar-refractivity contribution in [3.05, 3.63) is 64.7 Å². The number of phenolic OH excluding ortho intramolecular Hbond substituents is 1. The van der Waals surface area contributed by atoms with E-state index in [1.165, 1.54) is 5.56 Å². The molecule has 17 heavy (non-hydrogen) atoms. The van der Waals surface area contributed by atoms with Gasteiger partial charge in [-0.25, -0.2) is 0 Å². The summed E-state index contributed by atoms with van der Waals surface area (Å²) < 4.78 is 0. The van der Waals surface area contributed by atoms with Crippen LogP contribution in [0.4, 0.5) is 0 Å². The molecule has 0 aromatic heterocycles. The van der Waals surface area contributed by atoms with E-state index in [2.05, 4.69) is 5.32 Å². The van der Waals surface area contributed by atoms with Gasteiger partial charge >= 0.3 is 0 Å². The van der Waals surface area contributed by atoms with Gasteiger partial charge in [-0.15, -0.1) is 0 Å². The lowest BCUT2D eigenvalue weighted by molar-refractivity contribution is 0.474. The maximum Gasteiger partial charge on any atom is 0.115 e. The average molecular weight is 248 g/mol. The predicted octanol–water partition coefficient (Wildman–Crippen LogP) is 3.34. The molecule has 0 saturated heterocycles. The summed E-state index contributed by atoms with van der Waals surface area (Å²) in [5, 5.41) is 13.4. The van der Waals surface area contributed by atoms with Crippen molar-refractivity contribution in [3.63, 3.8) is 0 Å². The van der Waals surface area contributed by atoms with Gasteiger partial charge in [-0.05, 0) is 35.4 Å². The second-order valence-electron chi connectivity index (χ2n) is 3.90. The zero-order valence-corrected chi connectivity index (χ0v) is 10.1. The normalized spacial score (nSPS) is 10.4. The molecule has 0 spiro atoms. The highest BCUT2D eigenvalue weighted by molar-refractivity contribution is 6.30. The molecule has 0 amide bonds. The summed E-state index contributed by atoms with van der Waals surface area (Å²) in [6.07, 6.45) is 0. The van der Waals surface area contributed by atoms with Crippen LogP contribution in [0.25, 0.3) is 0 Å². The van der Waals surface area contributed by atoms with E-state index in [0.29, 0.717) is 5.75 Å². The van der Waals surface area contributed by atoms with Gasteiger partial charge in [-0.2, -0.15) is 0 Å². The molecule has 0 bridgehead atoms. The van der Waals surface area contributed by atoms with Gasteiger partial charge in [0.1, 0.15) is 5.75 Å². The van der Waals surface area contributed by atoms with Crippen LogP contribution in [0.15, 0.2) is 48.5 Å². The Balaban J connectivity index is 1.85. The Morgan fingerprint density at radius 3 is 2.35 bits per heavy atom. The van der Waals surface area contributed by atoms with Crippen LogP contribution in [0.3, 0.4) is 0 Å². The Kier molecular flexibility index (Phi) is 4.02. The molecule has 0 fully saturated rings. The van der Waals surface area contributed by atoms with E-state index in [1.807, 2.05) is 36.4 Å². The average Bonchev–Trinajstić information content (AvgIpc) is 2.32. The lowest BCUT2D eigenvalue weighted by Gasteiger charge is -2.05. The van der Waals surface area contributed by atoms with Crippen molar-refractivity contribution in [2.45, 2.75) is 13.1 Å². The summed E-state index contributed by atoms with van der Waals surface area (Å²) >= 11 is 5.81. The van der Waals surface area contributed by atoms with Crippen molar-refractivity contribution >= 4 is 11.6 Å². The highest BCUT2D eigenvalue weighted by Crippen LogP contribution is 2.11. The first-order valence-corrected chi connectivity index (χ1v) is 5.85. The van der Waals surface area contributed by atoms with Crippen LogP contribution in [-0.2, 0) is 13.1 Å². The third kappa shape index (κ3) is 3.77. The SMILES string of the molecule is Oc1cccc(CNCc2ccc(Cl)cc2)c1. The van der Waals surface area contributed by atoms with Gasteiger partial charge in [0.05, 0.1) is 0 Å². The van der Waals surface area contributed by atoms with Crippen LogP contribution < -0.4 is 5.32 Å². The van der Waals surface area contributed by atoms with Crippen molar-refractivity contribution < 1.29 is 5.11 Å². The van der Waals surface area contributed by atoms with Crippen LogP contribution in [-0.4, -0.2) is 5.11 Å². The zero-order chi connectivity index (χ0) is 12.1. The molecule has 2 aromatic carbocycles. The Hall–Kier alpha value is -1.51. The Morgan fingerprint density at radius 2 is 1.65 bits per heavy atom. The molecule has 0 saturated carbocycles.